The number of benzene rings is 1. The Hall–Kier alpha value is -0.500. The van der Waals surface area contributed by atoms with Crippen LogP contribution in [0.2, 0.25) is 0 Å². The number of hydrazine groups is 1. The minimum atomic E-state index is 0.0454. The van der Waals surface area contributed by atoms with Gasteiger partial charge >= 0.3 is 0 Å². The zero-order valence-corrected chi connectivity index (χ0v) is 13.3. The number of hydrogen-bond donors (Lipinski definition) is 2. The van der Waals surface area contributed by atoms with Gasteiger partial charge in [-0.1, -0.05) is 22.0 Å². The van der Waals surface area contributed by atoms with Crippen molar-refractivity contribution in [1.82, 2.24) is 10.4 Å². The summed E-state index contributed by atoms with van der Waals surface area (Å²) in [5.74, 6) is 5.67. The third-order valence-corrected chi connectivity index (χ3v) is 4.07. The molecular weight excluding hydrogens is 405 g/mol. The van der Waals surface area contributed by atoms with Gasteiger partial charge < -0.3 is 0 Å². The Kier molecular flexibility index (Phi) is 5.11. The molecule has 0 aliphatic carbocycles. The van der Waals surface area contributed by atoms with Crippen LogP contribution < -0.4 is 11.3 Å². The van der Waals surface area contributed by atoms with E-state index >= 15 is 0 Å². The molecule has 5 heteroatoms. The van der Waals surface area contributed by atoms with Crippen molar-refractivity contribution >= 4 is 38.5 Å². The van der Waals surface area contributed by atoms with Crippen LogP contribution >= 0.6 is 38.5 Å². The van der Waals surface area contributed by atoms with E-state index in [2.05, 4.69) is 61.1 Å². The van der Waals surface area contributed by atoms with Gasteiger partial charge in [0.1, 0.15) is 0 Å². The summed E-state index contributed by atoms with van der Waals surface area (Å²) in [6, 6.07) is 12.2. The molecule has 3 nitrogen and oxygen atoms in total. The van der Waals surface area contributed by atoms with Crippen molar-refractivity contribution in [2.45, 2.75) is 12.5 Å². The van der Waals surface area contributed by atoms with Crippen molar-refractivity contribution in [3.05, 3.63) is 61.9 Å². The fourth-order valence-electron chi connectivity index (χ4n) is 1.77. The van der Waals surface area contributed by atoms with Gasteiger partial charge in [-0.2, -0.15) is 0 Å². The van der Waals surface area contributed by atoms with Gasteiger partial charge in [-0.25, -0.2) is 0 Å². The van der Waals surface area contributed by atoms with Crippen LogP contribution in [-0.4, -0.2) is 4.98 Å². The fraction of sp³-hybridized carbons (Fsp3) is 0.154. The number of nitrogens with one attached hydrogen (secondary N) is 1. The van der Waals surface area contributed by atoms with Gasteiger partial charge in [-0.05, 0) is 58.5 Å². The highest BCUT2D eigenvalue weighted by atomic mass is 127. The largest absolute Gasteiger partial charge is 0.271 e. The highest BCUT2D eigenvalue weighted by molar-refractivity contribution is 14.1. The zero-order chi connectivity index (χ0) is 13.0. The standard InChI is InChI=1S/C13H13BrIN3/c14-12-5-4-9(15)7-11(12)13(18-16)8-10-3-1-2-6-17-10/h1-7,13,18H,8,16H2. The van der Waals surface area contributed by atoms with Crippen molar-refractivity contribution in [2.75, 3.05) is 0 Å². The molecule has 3 N–H and O–H groups in total. The molecule has 1 aromatic carbocycles. The van der Waals surface area contributed by atoms with Gasteiger partial charge in [0, 0.05) is 26.4 Å². The molecule has 0 aliphatic rings. The first-order valence-electron chi connectivity index (χ1n) is 5.51. The number of hydrogen-bond acceptors (Lipinski definition) is 3. The number of nitrogens with two attached hydrogens (primary N) is 1. The molecule has 1 heterocycles. The summed E-state index contributed by atoms with van der Waals surface area (Å²) in [6.45, 7) is 0. The molecule has 2 rings (SSSR count). The second-order valence-electron chi connectivity index (χ2n) is 3.91. The van der Waals surface area contributed by atoms with E-state index in [-0.39, 0.29) is 6.04 Å². The third kappa shape index (κ3) is 3.50. The molecule has 0 fully saturated rings. The maximum Gasteiger partial charge on any atom is 0.0526 e. The van der Waals surface area contributed by atoms with Crippen LogP contribution in [0.25, 0.3) is 0 Å². The van der Waals surface area contributed by atoms with Crippen LogP contribution in [0.5, 0.6) is 0 Å². The van der Waals surface area contributed by atoms with E-state index in [4.69, 9.17) is 5.84 Å². The second kappa shape index (κ2) is 6.60. The Morgan fingerprint density at radius 2 is 2.17 bits per heavy atom. The predicted octanol–water partition coefficient (Wildman–Crippen LogP) is 3.20. The molecule has 0 saturated carbocycles. The van der Waals surface area contributed by atoms with E-state index in [1.165, 1.54) is 3.57 Å². The van der Waals surface area contributed by atoms with Crippen molar-refractivity contribution in [2.24, 2.45) is 5.84 Å². The summed E-state index contributed by atoms with van der Waals surface area (Å²) < 4.78 is 2.24. The number of rotatable bonds is 4. The maximum absolute atomic E-state index is 5.67. The molecule has 0 bridgehead atoms. The average Bonchev–Trinajstić information content (AvgIpc) is 2.40. The molecular formula is C13H13BrIN3. The average molecular weight is 418 g/mol. The van der Waals surface area contributed by atoms with Gasteiger partial charge in [0.2, 0.25) is 0 Å². The Balaban J connectivity index is 2.26. The predicted molar refractivity (Wildman–Crippen MR) is 84.9 cm³/mol. The normalized spacial score (nSPS) is 12.4. The van der Waals surface area contributed by atoms with Crippen LogP contribution in [-0.2, 0) is 6.42 Å². The van der Waals surface area contributed by atoms with E-state index < -0.39 is 0 Å². The number of halogens is 2. The van der Waals surface area contributed by atoms with Crippen LogP contribution in [0.3, 0.4) is 0 Å². The monoisotopic (exact) mass is 417 g/mol. The summed E-state index contributed by atoms with van der Waals surface area (Å²) in [5, 5.41) is 0. The molecule has 94 valence electrons. The van der Waals surface area contributed by atoms with Gasteiger partial charge in [0.15, 0.2) is 0 Å². The number of aromatic nitrogens is 1. The lowest BCUT2D eigenvalue weighted by Crippen LogP contribution is -2.30. The quantitative estimate of drug-likeness (QED) is 0.456. The van der Waals surface area contributed by atoms with Gasteiger partial charge in [0.25, 0.3) is 0 Å². The molecule has 0 aliphatic heterocycles. The maximum atomic E-state index is 5.67. The molecule has 1 unspecified atom stereocenters. The molecule has 18 heavy (non-hydrogen) atoms. The van der Waals surface area contributed by atoms with E-state index in [1.807, 2.05) is 24.3 Å². The first-order chi connectivity index (χ1) is 8.70. The summed E-state index contributed by atoms with van der Waals surface area (Å²) >= 11 is 5.86. The van der Waals surface area contributed by atoms with Crippen LogP contribution in [0.1, 0.15) is 17.3 Å². The molecule has 1 atom stereocenters. The van der Waals surface area contributed by atoms with Crippen molar-refractivity contribution < 1.29 is 0 Å². The van der Waals surface area contributed by atoms with Gasteiger partial charge in [0.05, 0.1) is 6.04 Å². The zero-order valence-electron chi connectivity index (χ0n) is 9.61. The molecule has 0 saturated heterocycles. The minimum Gasteiger partial charge on any atom is -0.271 e. The number of nitrogens with zero attached hydrogens (tertiary/aromatic N) is 1. The minimum absolute atomic E-state index is 0.0454. The van der Waals surface area contributed by atoms with Gasteiger partial charge in [-0.15, -0.1) is 0 Å². The van der Waals surface area contributed by atoms with Crippen LogP contribution in [0, 0.1) is 3.57 Å². The van der Waals surface area contributed by atoms with Crippen LogP contribution in [0.15, 0.2) is 47.1 Å². The smallest absolute Gasteiger partial charge is 0.0526 e. The van der Waals surface area contributed by atoms with E-state index in [1.54, 1.807) is 6.20 Å². The first-order valence-corrected chi connectivity index (χ1v) is 7.39. The third-order valence-electron chi connectivity index (χ3n) is 2.67. The van der Waals surface area contributed by atoms with E-state index in [0.717, 1.165) is 22.2 Å². The summed E-state index contributed by atoms with van der Waals surface area (Å²) in [4.78, 5) is 4.33. The molecule has 0 radical (unpaired) electrons. The van der Waals surface area contributed by atoms with Crippen molar-refractivity contribution in [1.29, 1.82) is 0 Å². The fourth-order valence-corrected chi connectivity index (χ4v) is 2.81. The SMILES string of the molecule is NNC(Cc1ccccn1)c1cc(I)ccc1Br. The lowest BCUT2D eigenvalue weighted by Gasteiger charge is -2.17. The Bertz CT molecular complexity index is 519. The first kappa shape index (κ1) is 13.9. The van der Waals surface area contributed by atoms with Crippen molar-refractivity contribution in [3.8, 4) is 0 Å². The second-order valence-corrected chi connectivity index (χ2v) is 6.01. The van der Waals surface area contributed by atoms with E-state index in [0.29, 0.717) is 0 Å². The van der Waals surface area contributed by atoms with E-state index in [9.17, 15) is 0 Å². The number of pyridine rings is 1. The molecule has 1 aromatic heterocycles. The van der Waals surface area contributed by atoms with Crippen molar-refractivity contribution in [3.63, 3.8) is 0 Å². The highest BCUT2D eigenvalue weighted by Crippen LogP contribution is 2.27. The lowest BCUT2D eigenvalue weighted by molar-refractivity contribution is 0.544. The Morgan fingerprint density at radius 1 is 1.33 bits per heavy atom. The summed E-state index contributed by atoms with van der Waals surface area (Å²) in [5.41, 5.74) is 5.03. The summed E-state index contributed by atoms with van der Waals surface area (Å²) in [6.07, 6.45) is 2.56. The van der Waals surface area contributed by atoms with Gasteiger partial charge in [-0.3, -0.25) is 16.3 Å². The summed E-state index contributed by atoms with van der Waals surface area (Å²) in [7, 11) is 0. The Labute approximate surface area is 128 Å². The topological polar surface area (TPSA) is 50.9 Å². The molecule has 0 spiro atoms. The lowest BCUT2D eigenvalue weighted by atomic mass is 10.0. The van der Waals surface area contributed by atoms with Crippen LogP contribution in [0.4, 0.5) is 0 Å². The molecule has 0 amide bonds. The molecule has 2 aromatic rings. The Morgan fingerprint density at radius 3 is 2.83 bits per heavy atom. The highest BCUT2D eigenvalue weighted by Gasteiger charge is 2.14.